The van der Waals surface area contributed by atoms with E-state index in [0.29, 0.717) is 5.71 Å². The van der Waals surface area contributed by atoms with Gasteiger partial charge in [0.1, 0.15) is 12.0 Å². The van der Waals surface area contributed by atoms with Crippen LogP contribution in [0.5, 0.6) is 0 Å². The van der Waals surface area contributed by atoms with Crippen LogP contribution in [0.1, 0.15) is 38.2 Å². The topological polar surface area (TPSA) is 130 Å². The molecule has 0 saturated carbocycles. The molecule has 0 aliphatic heterocycles. The monoisotopic (exact) mass is 479 g/mol. The van der Waals surface area contributed by atoms with E-state index in [-0.39, 0.29) is 23.9 Å². The quantitative estimate of drug-likeness (QED) is 0.442. The molecule has 1 heterocycles. The van der Waals surface area contributed by atoms with E-state index in [1.807, 2.05) is 0 Å². The number of hydrogen-bond acceptors (Lipinski definition) is 7. The third kappa shape index (κ3) is 6.72. The van der Waals surface area contributed by atoms with Crippen LogP contribution < -0.4 is 10.6 Å². The molecule has 0 saturated heterocycles. The van der Waals surface area contributed by atoms with E-state index in [1.54, 1.807) is 13.8 Å². The minimum Gasteiger partial charge on any atom is -0.343 e. The fourth-order valence-electron chi connectivity index (χ4n) is 2.35. The zero-order chi connectivity index (χ0) is 24.8. The molecule has 2 N–H and O–H groups in total. The van der Waals surface area contributed by atoms with Crippen molar-refractivity contribution in [2.24, 2.45) is 4.99 Å². The summed E-state index contributed by atoms with van der Waals surface area (Å²) in [5.74, 6) is -1.02. The molecule has 1 unspecified atom stereocenters. The number of alkyl halides is 2. The van der Waals surface area contributed by atoms with Gasteiger partial charge in [0.25, 0.3) is 11.8 Å². The molecule has 0 fully saturated rings. The molecule has 12 heteroatoms. The molecular formula is C21H23F2N5O4S. The van der Waals surface area contributed by atoms with E-state index in [0.717, 1.165) is 12.1 Å². The number of sulfone groups is 1. The van der Waals surface area contributed by atoms with Gasteiger partial charge in [0.15, 0.2) is 0 Å². The Morgan fingerprint density at radius 1 is 1.21 bits per heavy atom. The largest absolute Gasteiger partial charge is 0.347 e. The number of nitrogens with one attached hydrogen (secondary N) is 2. The molecule has 33 heavy (non-hydrogen) atoms. The summed E-state index contributed by atoms with van der Waals surface area (Å²) in [6, 6.07) is 5.60. The van der Waals surface area contributed by atoms with Crippen molar-refractivity contribution in [3.8, 4) is 0 Å². The summed E-state index contributed by atoms with van der Waals surface area (Å²) in [5, 5.41) is 1.19. The van der Waals surface area contributed by atoms with Crippen LogP contribution in [0.3, 0.4) is 0 Å². The molecule has 0 spiro atoms. The number of aliphatic imine (C=N–C) groups is 1. The maximum atomic E-state index is 13.4. The van der Waals surface area contributed by atoms with Gasteiger partial charge in [-0.2, -0.15) is 8.78 Å². The number of carbonyl (C=O) groups is 2. The average molecular weight is 480 g/mol. The number of aromatic nitrogens is 2. The zero-order valence-corrected chi connectivity index (χ0v) is 19.2. The molecule has 2 rings (SSSR count). The van der Waals surface area contributed by atoms with Crippen LogP contribution in [0.25, 0.3) is 0 Å². The predicted octanol–water partition coefficient (Wildman–Crippen LogP) is 2.98. The van der Waals surface area contributed by atoms with E-state index in [1.165, 1.54) is 43.8 Å². The second-order valence-corrected chi connectivity index (χ2v) is 9.36. The van der Waals surface area contributed by atoms with Gasteiger partial charge in [-0.05, 0) is 45.0 Å². The van der Waals surface area contributed by atoms with Gasteiger partial charge in [-0.3, -0.25) is 14.6 Å². The Balaban J connectivity index is 2.07. The van der Waals surface area contributed by atoms with Gasteiger partial charge in [-0.15, -0.1) is 0 Å². The Kier molecular flexibility index (Phi) is 8.09. The number of anilines is 1. The molecule has 9 nitrogen and oxygen atoms in total. The Morgan fingerprint density at radius 3 is 2.52 bits per heavy atom. The highest BCUT2D eigenvalue weighted by atomic mass is 32.2. The Bertz CT molecular complexity index is 1190. The SMILES string of the molecule is C/C(=C\N=C(/C)C(C)NC(=O)c1ccncn1)C(=O)Nc1cccc(S(=O)(=O)C(C)(F)F)c1. The Labute approximate surface area is 190 Å². The molecule has 0 radical (unpaired) electrons. The lowest BCUT2D eigenvalue weighted by Gasteiger charge is -2.13. The highest BCUT2D eigenvalue weighted by Crippen LogP contribution is 2.29. The van der Waals surface area contributed by atoms with Crippen molar-refractivity contribution >= 4 is 33.1 Å². The van der Waals surface area contributed by atoms with Crippen molar-refractivity contribution in [3.63, 3.8) is 0 Å². The number of rotatable bonds is 8. The highest BCUT2D eigenvalue weighted by molar-refractivity contribution is 7.92. The first-order valence-electron chi connectivity index (χ1n) is 9.64. The first kappa shape index (κ1) is 25.7. The van der Waals surface area contributed by atoms with Gasteiger partial charge >= 0.3 is 5.25 Å². The molecule has 0 aliphatic carbocycles. The number of benzene rings is 1. The summed E-state index contributed by atoms with van der Waals surface area (Å²) in [6.07, 6.45) is 3.97. The van der Waals surface area contributed by atoms with Crippen LogP contribution in [-0.4, -0.2) is 47.2 Å². The number of halogens is 2. The van der Waals surface area contributed by atoms with Crippen LogP contribution in [0.4, 0.5) is 14.5 Å². The zero-order valence-electron chi connectivity index (χ0n) is 18.3. The van der Waals surface area contributed by atoms with Gasteiger partial charge in [-0.25, -0.2) is 18.4 Å². The van der Waals surface area contributed by atoms with Crippen LogP contribution in [0.15, 0.2) is 64.5 Å². The standard InChI is InChI=1S/C21H23F2N5O4S/c1-13(11-25-14(2)15(3)27-20(30)18-8-9-24-12-26-18)19(29)28-16-6-5-7-17(10-16)33(31,32)21(4,22)23/h5-12,15H,1-4H3,(H,27,30)(H,28,29)/b13-11+,25-14+. The molecule has 176 valence electrons. The maximum absolute atomic E-state index is 13.4. The van der Waals surface area contributed by atoms with Crippen molar-refractivity contribution in [2.75, 3.05) is 5.32 Å². The van der Waals surface area contributed by atoms with Crippen LogP contribution in [0.2, 0.25) is 0 Å². The Morgan fingerprint density at radius 2 is 1.91 bits per heavy atom. The lowest BCUT2D eigenvalue weighted by molar-refractivity contribution is -0.112. The lowest BCUT2D eigenvalue weighted by atomic mass is 10.2. The number of carbonyl (C=O) groups excluding carboxylic acids is 2. The normalized spacial score (nSPS) is 13.9. The molecule has 1 aromatic carbocycles. The van der Waals surface area contributed by atoms with E-state index < -0.39 is 37.8 Å². The highest BCUT2D eigenvalue weighted by Gasteiger charge is 2.40. The van der Waals surface area contributed by atoms with Gasteiger partial charge in [0.2, 0.25) is 9.84 Å². The molecular weight excluding hydrogens is 456 g/mol. The van der Waals surface area contributed by atoms with Gasteiger partial charge in [-0.1, -0.05) is 6.07 Å². The van der Waals surface area contributed by atoms with Crippen molar-refractivity contribution in [1.82, 2.24) is 15.3 Å². The summed E-state index contributed by atoms with van der Waals surface area (Å²) in [5.41, 5.74) is 0.894. The van der Waals surface area contributed by atoms with Gasteiger partial charge in [0.05, 0.1) is 10.9 Å². The fraction of sp³-hybridized carbons (Fsp3) is 0.286. The van der Waals surface area contributed by atoms with Crippen LogP contribution in [0, 0.1) is 0 Å². The average Bonchev–Trinajstić information content (AvgIpc) is 2.77. The first-order valence-corrected chi connectivity index (χ1v) is 11.1. The molecule has 1 aromatic heterocycles. The van der Waals surface area contributed by atoms with E-state index in [9.17, 15) is 26.8 Å². The summed E-state index contributed by atoms with van der Waals surface area (Å²) < 4.78 is 50.6. The van der Waals surface area contributed by atoms with Gasteiger partial charge in [0, 0.05) is 36.3 Å². The molecule has 1 atom stereocenters. The van der Waals surface area contributed by atoms with Crippen LogP contribution in [-0.2, 0) is 14.6 Å². The third-order valence-electron chi connectivity index (χ3n) is 4.48. The first-order chi connectivity index (χ1) is 15.3. The van der Waals surface area contributed by atoms with E-state index in [2.05, 4.69) is 25.6 Å². The van der Waals surface area contributed by atoms with Crippen molar-refractivity contribution in [3.05, 3.63) is 60.3 Å². The molecule has 2 amide bonds. The van der Waals surface area contributed by atoms with Crippen molar-refractivity contribution < 1.29 is 26.8 Å². The molecule has 0 bridgehead atoms. The summed E-state index contributed by atoms with van der Waals surface area (Å²) in [6.45, 7) is 5.12. The van der Waals surface area contributed by atoms with Crippen molar-refractivity contribution in [1.29, 1.82) is 0 Å². The Hall–Kier alpha value is -3.54. The number of amides is 2. The summed E-state index contributed by atoms with van der Waals surface area (Å²) in [4.78, 5) is 35.7. The second-order valence-electron chi connectivity index (χ2n) is 7.17. The minimum absolute atomic E-state index is 0.0317. The second kappa shape index (κ2) is 10.4. The fourth-order valence-corrected chi connectivity index (χ4v) is 3.30. The number of hydrogen-bond donors (Lipinski definition) is 2. The summed E-state index contributed by atoms with van der Waals surface area (Å²) >= 11 is 0. The lowest BCUT2D eigenvalue weighted by Crippen LogP contribution is -2.37. The third-order valence-corrected chi connectivity index (χ3v) is 6.30. The molecule has 0 aliphatic rings. The van der Waals surface area contributed by atoms with Crippen molar-refractivity contribution in [2.45, 2.75) is 43.9 Å². The van der Waals surface area contributed by atoms with E-state index in [4.69, 9.17) is 0 Å². The number of nitrogens with zero attached hydrogens (tertiary/aromatic N) is 3. The van der Waals surface area contributed by atoms with E-state index >= 15 is 0 Å². The molecule has 2 aromatic rings. The predicted molar refractivity (Wildman–Crippen MR) is 119 cm³/mol. The van der Waals surface area contributed by atoms with Crippen LogP contribution >= 0.6 is 0 Å². The van der Waals surface area contributed by atoms with Gasteiger partial charge < -0.3 is 10.6 Å². The summed E-state index contributed by atoms with van der Waals surface area (Å²) in [7, 11) is -4.88. The smallest absolute Gasteiger partial charge is 0.343 e. The minimum atomic E-state index is -4.88. The maximum Gasteiger partial charge on any atom is 0.347 e.